The fourth-order valence-electron chi connectivity index (χ4n) is 3.32. The van der Waals surface area contributed by atoms with Crippen molar-refractivity contribution in [3.05, 3.63) is 65.5 Å². The zero-order valence-corrected chi connectivity index (χ0v) is 13.0. The predicted octanol–water partition coefficient (Wildman–Crippen LogP) is 3.19. The van der Waals surface area contributed by atoms with Gasteiger partial charge in [0.15, 0.2) is 0 Å². The number of carboxylic acids is 1. The summed E-state index contributed by atoms with van der Waals surface area (Å²) < 4.78 is 27.6. The first-order valence-corrected chi connectivity index (χ1v) is 7.89. The van der Waals surface area contributed by atoms with Crippen molar-refractivity contribution in [1.82, 2.24) is 9.88 Å². The van der Waals surface area contributed by atoms with Crippen molar-refractivity contribution in [3.63, 3.8) is 0 Å². The van der Waals surface area contributed by atoms with Gasteiger partial charge in [0, 0.05) is 36.0 Å². The molecule has 1 N–H and O–H groups in total. The minimum Gasteiger partial charge on any atom is -0.480 e. The lowest BCUT2D eigenvalue weighted by atomic mass is 9.98. The van der Waals surface area contributed by atoms with Crippen LogP contribution in [0.25, 0.3) is 0 Å². The molecule has 1 aromatic carbocycles. The van der Waals surface area contributed by atoms with E-state index in [1.807, 2.05) is 12.1 Å². The minimum absolute atomic E-state index is 0.301. The monoisotopic (exact) mass is 332 g/mol. The Morgan fingerprint density at radius 1 is 1.33 bits per heavy atom. The Balaban J connectivity index is 1.98. The summed E-state index contributed by atoms with van der Waals surface area (Å²) >= 11 is 0. The third kappa shape index (κ3) is 3.43. The average molecular weight is 332 g/mol. The number of hydrogen-bond donors (Lipinski definition) is 1. The van der Waals surface area contributed by atoms with E-state index < -0.39 is 29.7 Å². The van der Waals surface area contributed by atoms with Gasteiger partial charge in [-0.3, -0.25) is 14.7 Å². The van der Waals surface area contributed by atoms with E-state index in [2.05, 4.69) is 4.98 Å². The lowest BCUT2D eigenvalue weighted by Gasteiger charge is -2.31. The molecule has 1 aliphatic rings. The number of halogens is 2. The number of likely N-dealkylation sites (tertiary alicyclic amines) is 1. The van der Waals surface area contributed by atoms with Gasteiger partial charge in [-0.2, -0.15) is 0 Å². The molecule has 24 heavy (non-hydrogen) atoms. The van der Waals surface area contributed by atoms with Gasteiger partial charge < -0.3 is 5.11 Å². The normalized spacial score (nSPS) is 19.3. The smallest absolute Gasteiger partial charge is 0.320 e. The van der Waals surface area contributed by atoms with Gasteiger partial charge in [0.05, 0.1) is 0 Å². The second-order valence-electron chi connectivity index (χ2n) is 5.94. The van der Waals surface area contributed by atoms with E-state index in [1.165, 1.54) is 12.1 Å². The van der Waals surface area contributed by atoms with Crippen LogP contribution in [0.15, 0.2) is 42.6 Å². The Bertz CT molecular complexity index is 724. The second kappa shape index (κ2) is 7.05. The van der Waals surface area contributed by atoms with Crippen LogP contribution < -0.4 is 0 Å². The molecule has 1 fully saturated rings. The summed E-state index contributed by atoms with van der Waals surface area (Å²) in [6.07, 6.45) is 3.27. The summed E-state index contributed by atoms with van der Waals surface area (Å²) in [5.74, 6) is -2.22. The highest BCUT2D eigenvalue weighted by molar-refractivity contribution is 5.74. The van der Waals surface area contributed by atoms with Crippen LogP contribution in [0, 0.1) is 11.6 Å². The van der Waals surface area contributed by atoms with Crippen LogP contribution in [0.3, 0.4) is 0 Å². The third-order valence-electron chi connectivity index (χ3n) is 4.43. The van der Waals surface area contributed by atoms with Gasteiger partial charge in [0.2, 0.25) is 0 Å². The summed E-state index contributed by atoms with van der Waals surface area (Å²) in [6.45, 7) is 0.561. The van der Waals surface area contributed by atoms with Gasteiger partial charge in [0.1, 0.15) is 17.7 Å². The molecule has 2 aromatic rings. The maximum Gasteiger partial charge on any atom is 0.320 e. The quantitative estimate of drug-likeness (QED) is 0.914. The standard InChI is InChI=1S/C18H18F2N2O2/c19-12-6-7-14(15(20)10-12)17(11-13-4-1-2-8-21-13)22-9-3-5-16(22)18(23)24/h1-2,4,6-8,10,16-17H,3,5,9,11H2,(H,23,24). The predicted molar refractivity (Wildman–Crippen MR) is 84.4 cm³/mol. The molecule has 2 unspecified atom stereocenters. The number of carboxylic acid groups (broad SMARTS) is 1. The van der Waals surface area contributed by atoms with Crippen LogP contribution in [-0.2, 0) is 11.2 Å². The number of nitrogens with zero attached hydrogens (tertiary/aromatic N) is 2. The molecule has 0 radical (unpaired) electrons. The van der Waals surface area contributed by atoms with E-state index in [0.717, 1.165) is 18.2 Å². The number of hydrogen-bond acceptors (Lipinski definition) is 3. The first-order chi connectivity index (χ1) is 11.6. The topological polar surface area (TPSA) is 53.4 Å². The van der Waals surface area contributed by atoms with Gasteiger partial charge >= 0.3 is 5.97 Å². The van der Waals surface area contributed by atoms with Crippen molar-refractivity contribution in [2.75, 3.05) is 6.54 Å². The Labute approximate surface area is 138 Å². The molecule has 0 aliphatic carbocycles. The minimum atomic E-state index is -0.916. The van der Waals surface area contributed by atoms with Gasteiger partial charge in [-0.1, -0.05) is 12.1 Å². The SMILES string of the molecule is O=C(O)C1CCCN1C(Cc1ccccn1)c1ccc(F)cc1F. The summed E-state index contributed by atoms with van der Waals surface area (Å²) in [4.78, 5) is 17.6. The number of carbonyl (C=O) groups is 1. The summed E-state index contributed by atoms with van der Waals surface area (Å²) in [5.41, 5.74) is 1.04. The summed E-state index contributed by atoms with van der Waals surface area (Å²) in [6, 6.07) is 7.72. The molecule has 6 heteroatoms. The first kappa shape index (κ1) is 16.5. The van der Waals surface area contributed by atoms with Gasteiger partial charge in [-0.05, 0) is 37.6 Å². The molecule has 0 spiro atoms. The second-order valence-corrected chi connectivity index (χ2v) is 5.94. The van der Waals surface area contributed by atoms with Crippen LogP contribution in [0.4, 0.5) is 8.78 Å². The van der Waals surface area contributed by atoms with E-state index in [9.17, 15) is 18.7 Å². The van der Waals surface area contributed by atoms with E-state index in [0.29, 0.717) is 24.9 Å². The zero-order valence-electron chi connectivity index (χ0n) is 13.0. The van der Waals surface area contributed by atoms with Gasteiger partial charge in [-0.15, -0.1) is 0 Å². The lowest BCUT2D eigenvalue weighted by Crippen LogP contribution is -2.40. The maximum atomic E-state index is 14.4. The maximum absolute atomic E-state index is 14.4. The highest BCUT2D eigenvalue weighted by Crippen LogP contribution is 2.33. The van der Waals surface area contributed by atoms with E-state index in [1.54, 1.807) is 17.2 Å². The van der Waals surface area contributed by atoms with Gasteiger partial charge in [-0.25, -0.2) is 8.78 Å². The molecule has 0 amide bonds. The number of aromatic nitrogens is 1. The Morgan fingerprint density at radius 3 is 2.83 bits per heavy atom. The van der Waals surface area contributed by atoms with Crippen LogP contribution >= 0.6 is 0 Å². The van der Waals surface area contributed by atoms with Crippen LogP contribution in [0.1, 0.15) is 30.1 Å². The van der Waals surface area contributed by atoms with Crippen molar-refractivity contribution >= 4 is 5.97 Å². The largest absolute Gasteiger partial charge is 0.480 e. The molecule has 2 atom stereocenters. The van der Waals surface area contributed by atoms with E-state index in [-0.39, 0.29) is 0 Å². The molecule has 1 aromatic heterocycles. The van der Waals surface area contributed by atoms with Crippen molar-refractivity contribution in [2.24, 2.45) is 0 Å². The molecular formula is C18H18F2N2O2. The van der Waals surface area contributed by atoms with E-state index in [4.69, 9.17) is 0 Å². The third-order valence-corrected chi connectivity index (χ3v) is 4.43. The van der Waals surface area contributed by atoms with Crippen molar-refractivity contribution in [3.8, 4) is 0 Å². The fraction of sp³-hybridized carbons (Fsp3) is 0.333. The highest BCUT2D eigenvalue weighted by atomic mass is 19.1. The Morgan fingerprint density at radius 2 is 2.17 bits per heavy atom. The summed E-state index contributed by atoms with van der Waals surface area (Å²) in [7, 11) is 0. The van der Waals surface area contributed by atoms with Crippen LogP contribution in [-0.4, -0.2) is 33.5 Å². The van der Waals surface area contributed by atoms with Crippen molar-refractivity contribution in [2.45, 2.75) is 31.3 Å². The first-order valence-electron chi connectivity index (χ1n) is 7.89. The summed E-state index contributed by atoms with van der Waals surface area (Å²) in [5, 5.41) is 9.45. The molecule has 0 bridgehead atoms. The molecular weight excluding hydrogens is 314 g/mol. The number of aliphatic carboxylic acids is 1. The fourth-order valence-corrected chi connectivity index (χ4v) is 3.32. The van der Waals surface area contributed by atoms with Gasteiger partial charge in [0.25, 0.3) is 0 Å². The molecule has 1 saturated heterocycles. The average Bonchev–Trinajstić information content (AvgIpc) is 3.04. The molecule has 0 saturated carbocycles. The number of pyridine rings is 1. The Hall–Kier alpha value is -2.34. The van der Waals surface area contributed by atoms with E-state index >= 15 is 0 Å². The van der Waals surface area contributed by atoms with Crippen LogP contribution in [0.2, 0.25) is 0 Å². The Kier molecular flexibility index (Phi) is 4.85. The molecule has 1 aliphatic heterocycles. The van der Waals surface area contributed by atoms with Crippen molar-refractivity contribution in [1.29, 1.82) is 0 Å². The molecule has 126 valence electrons. The molecule has 4 nitrogen and oxygen atoms in total. The van der Waals surface area contributed by atoms with Crippen molar-refractivity contribution < 1.29 is 18.7 Å². The highest BCUT2D eigenvalue weighted by Gasteiger charge is 2.37. The molecule has 3 rings (SSSR count). The lowest BCUT2D eigenvalue weighted by molar-refractivity contribution is -0.143. The number of rotatable bonds is 5. The molecule has 2 heterocycles. The number of benzene rings is 1. The zero-order chi connectivity index (χ0) is 17.1. The van der Waals surface area contributed by atoms with Crippen LogP contribution in [0.5, 0.6) is 0 Å².